The summed E-state index contributed by atoms with van der Waals surface area (Å²) >= 11 is 1.38. The fourth-order valence-corrected chi connectivity index (χ4v) is 2.54. The van der Waals surface area contributed by atoms with Crippen LogP contribution in [-0.4, -0.2) is 12.5 Å². The van der Waals surface area contributed by atoms with Crippen LogP contribution in [0.3, 0.4) is 0 Å². The molecule has 3 nitrogen and oxygen atoms in total. The average Bonchev–Trinajstić information content (AvgIpc) is 2.90. The molecule has 0 spiro atoms. The molecular formula is C16H16N2OS. The summed E-state index contributed by atoms with van der Waals surface area (Å²) in [5, 5.41) is 4.80. The Hall–Kier alpha value is -2.09. The SMILES string of the molecule is Cc1cccc(NC(=O)c2sccc2C#CCN)c1C. The Morgan fingerprint density at radius 2 is 2.15 bits per heavy atom. The van der Waals surface area contributed by atoms with E-state index < -0.39 is 0 Å². The number of benzene rings is 1. The molecule has 0 saturated heterocycles. The molecule has 0 atom stereocenters. The second kappa shape index (κ2) is 6.38. The van der Waals surface area contributed by atoms with Gasteiger partial charge in [-0.25, -0.2) is 0 Å². The fourth-order valence-electron chi connectivity index (χ4n) is 1.80. The zero-order valence-electron chi connectivity index (χ0n) is 11.5. The van der Waals surface area contributed by atoms with Gasteiger partial charge in [-0.05, 0) is 42.5 Å². The summed E-state index contributed by atoms with van der Waals surface area (Å²) in [4.78, 5) is 12.9. The largest absolute Gasteiger partial charge is 0.321 e. The van der Waals surface area contributed by atoms with Gasteiger partial charge in [-0.15, -0.1) is 11.3 Å². The minimum atomic E-state index is -0.130. The predicted octanol–water partition coefficient (Wildman–Crippen LogP) is 2.93. The lowest BCUT2D eigenvalue weighted by Crippen LogP contribution is -2.12. The van der Waals surface area contributed by atoms with Crippen molar-refractivity contribution in [2.75, 3.05) is 11.9 Å². The van der Waals surface area contributed by atoms with Crippen molar-refractivity contribution in [3.05, 3.63) is 51.2 Å². The average molecular weight is 284 g/mol. The van der Waals surface area contributed by atoms with Gasteiger partial charge in [-0.2, -0.15) is 0 Å². The molecule has 20 heavy (non-hydrogen) atoms. The van der Waals surface area contributed by atoms with Crippen molar-refractivity contribution < 1.29 is 4.79 Å². The van der Waals surface area contributed by atoms with Crippen LogP contribution >= 0.6 is 11.3 Å². The molecule has 0 aliphatic heterocycles. The molecule has 1 aromatic heterocycles. The van der Waals surface area contributed by atoms with Crippen molar-refractivity contribution in [2.45, 2.75) is 13.8 Å². The number of hydrogen-bond donors (Lipinski definition) is 2. The Labute approximate surface area is 122 Å². The topological polar surface area (TPSA) is 55.1 Å². The van der Waals surface area contributed by atoms with E-state index in [0.717, 1.165) is 22.4 Å². The maximum absolute atomic E-state index is 12.3. The summed E-state index contributed by atoms with van der Waals surface area (Å²) in [6.07, 6.45) is 0. The van der Waals surface area contributed by atoms with E-state index >= 15 is 0 Å². The number of thiophene rings is 1. The Morgan fingerprint density at radius 1 is 1.35 bits per heavy atom. The van der Waals surface area contributed by atoms with Gasteiger partial charge in [-0.3, -0.25) is 4.79 Å². The van der Waals surface area contributed by atoms with Crippen molar-refractivity contribution in [3.8, 4) is 11.8 Å². The maximum atomic E-state index is 12.3. The van der Waals surface area contributed by atoms with Crippen LogP contribution in [0, 0.1) is 25.7 Å². The predicted molar refractivity (Wildman–Crippen MR) is 84.1 cm³/mol. The summed E-state index contributed by atoms with van der Waals surface area (Å²) in [5.74, 6) is 5.57. The molecule has 0 bridgehead atoms. The van der Waals surface area contributed by atoms with Crippen molar-refractivity contribution in [1.29, 1.82) is 0 Å². The number of anilines is 1. The molecule has 1 heterocycles. The lowest BCUT2D eigenvalue weighted by atomic mass is 10.1. The molecule has 4 heteroatoms. The van der Waals surface area contributed by atoms with Crippen molar-refractivity contribution in [1.82, 2.24) is 0 Å². The summed E-state index contributed by atoms with van der Waals surface area (Å²) in [6, 6.07) is 7.69. The Bertz CT molecular complexity index is 692. The van der Waals surface area contributed by atoms with Crippen molar-refractivity contribution in [3.63, 3.8) is 0 Å². The summed E-state index contributed by atoms with van der Waals surface area (Å²) in [5.41, 5.74) is 9.15. The maximum Gasteiger partial charge on any atom is 0.267 e. The highest BCUT2D eigenvalue weighted by Gasteiger charge is 2.13. The highest BCUT2D eigenvalue weighted by atomic mass is 32.1. The van der Waals surface area contributed by atoms with E-state index in [4.69, 9.17) is 5.73 Å². The highest BCUT2D eigenvalue weighted by Crippen LogP contribution is 2.21. The number of aryl methyl sites for hydroxylation is 1. The lowest BCUT2D eigenvalue weighted by molar-refractivity contribution is 0.103. The third-order valence-corrected chi connectivity index (χ3v) is 3.96. The second-order valence-electron chi connectivity index (χ2n) is 4.37. The number of carbonyl (C=O) groups is 1. The zero-order chi connectivity index (χ0) is 14.5. The summed E-state index contributed by atoms with van der Waals surface area (Å²) < 4.78 is 0. The van der Waals surface area contributed by atoms with Gasteiger partial charge in [0.2, 0.25) is 0 Å². The van der Waals surface area contributed by atoms with E-state index in [1.54, 1.807) is 0 Å². The number of hydrogen-bond acceptors (Lipinski definition) is 3. The smallest absolute Gasteiger partial charge is 0.267 e. The van der Waals surface area contributed by atoms with E-state index in [2.05, 4.69) is 17.2 Å². The van der Waals surface area contributed by atoms with Crippen LogP contribution in [0.25, 0.3) is 0 Å². The first-order valence-corrected chi connectivity index (χ1v) is 7.15. The molecule has 0 aliphatic carbocycles. The second-order valence-corrected chi connectivity index (χ2v) is 5.29. The van der Waals surface area contributed by atoms with Gasteiger partial charge in [0.05, 0.1) is 6.54 Å². The number of nitrogens with two attached hydrogens (primary N) is 1. The molecule has 102 valence electrons. The summed E-state index contributed by atoms with van der Waals surface area (Å²) in [6.45, 7) is 4.30. The van der Waals surface area contributed by atoms with Crippen LogP contribution in [0.15, 0.2) is 29.6 Å². The Morgan fingerprint density at radius 3 is 2.90 bits per heavy atom. The standard InChI is InChI=1S/C16H16N2OS/c1-11-5-3-7-14(12(11)2)18-16(19)15-13(6-4-9-17)8-10-20-15/h3,5,7-8,10H,9,17H2,1-2H3,(H,18,19). The van der Waals surface area contributed by atoms with Crippen LogP contribution in [0.4, 0.5) is 5.69 Å². The first-order chi connectivity index (χ1) is 9.63. The molecular weight excluding hydrogens is 268 g/mol. The van der Waals surface area contributed by atoms with Gasteiger partial charge in [0.1, 0.15) is 4.88 Å². The van der Waals surface area contributed by atoms with E-state index in [-0.39, 0.29) is 12.5 Å². The molecule has 1 aromatic carbocycles. The van der Waals surface area contributed by atoms with Gasteiger partial charge < -0.3 is 11.1 Å². The molecule has 0 aliphatic rings. The van der Waals surface area contributed by atoms with Gasteiger partial charge in [0.25, 0.3) is 5.91 Å². The molecule has 0 unspecified atom stereocenters. The van der Waals surface area contributed by atoms with Gasteiger partial charge in [0, 0.05) is 11.3 Å². The highest BCUT2D eigenvalue weighted by molar-refractivity contribution is 7.12. The van der Waals surface area contributed by atoms with Crippen LogP contribution in [0.5, 0.6) is 0 Å². The third kappa shape index (κ3) is 3.08. The minimum absolute atomic E-state index is 0.130. The quantitative estimate of drug-likeness (QED) is 0.833. The molecule has 2 rings (SSSR count). The number of rotatable bonds is 2. The molecule has 1 amide bonds. The lowest BCUT2D eigenvalue weighted by Gasteiger charge is -2.09. The first-order valence-electron chi connectivity index (χ1n) is 6.27. The van der Waals surface area contributed by atoms with Crippen LogP contribution in [0.2, 0.25) is 0 Å². The molecule has 3 N–H and O–H groups in total. The first kappa shape index (κ1) is 14.3. The third-order valence-electron chi connectivity index (χ3n) is 3.05. The van der Waals surface area contributed by atoms with E-state index in [9.17, 15) is 4.79 Å². The number of amides is 1. The monoisotopic (exact) mass is 284 g/mol. The van der Waals surface area contributed by atoms with Gasteiger partial charge >= 0.3 is 0 Å². The van der Waals surface area contributed by atoms with Gasteiger partial charge in [-0.1, -0.05) is 24.0 Å². The van der Waals surface area contributed by atoms with Crippen LogP contribution < -0.4 is 11.1 Å². The number of carbonyl (C=O) groups excluding carboxylic acids is 1. The van der Waals surface area contributed by atoms with Crippen LogP contribution in [0.1, 0.15) is 26.4 Å². The van der Waals surface area contributed by atoms with E-state index in [1.807, 2.05) is 43.5 Å². The number of nitrogens with one attached hydrogen (secondary N) is 1. The Balaban J connectivity index is 2.25. The Kier molecular flexibility index (Phi) is 4.57. The minimum Gasteiger partial charge on any atom is -0.321 e. The van der Waals surface area contributed by atoms with Crippen LogP contribution in [-0.2, 0) is 0 Å². The fraction of sp³-hybridized carbons (Fsp3) is 0.188. The summed E-state index contributed by atoms with van der Waals surface area (Å²) in [7, 11) is 0. The van der Waals surface area contributed by atoms with Crippen molar-refractivity contribution in [2.24, 2.45) is 5.73 Å². The van der Waals surface area contributed by atoms with Crippen molar-refractivity contribution >= 4 is 22.9 Å². The molecule has 0 saturated carbocycles. The van der Waals surface area contributed by atoms with Gasteiger partial charge in [0.15, 0.2) is 0 Å². The molecule has 2 aromatic rings. The molecule has 0 radical (unpaired) electrons. The zero-order valence-corrected chi connectivity index (χ0v) is 12.3. The van der Waals surface area contributed by atoms with E-state index in [0.29, 0.717) is 4.88 Å². The normalized spacial score (nSPS) is 9.75. The van der Waals surface area contributed by atoms with E-state index in [1.165, 1.54) is 11.3 Å². The molecule has 0 fully saturated rings.